The third kappa shape index (κ3) is 3.19. The Morgan fingerprint density at radius 3 is 3.00 bits per heavy atom. The molecular weight excluding hydrogens is 164 g/mol. The Hall–Kier alpha value is -0.830. The number of allylic oxidation sites excluding steroid dienone is 2. The van der Waals surface area contributed by atoms with Crippen LogP contribution in [0.5, 0.6) is 0 Å². The number of hydrogen-bond acceptors (Lipinski definition) is 2. The van der Waals surface area contributed by atoms with E-state index in [2.05, 4.69) is 17.5 Å². The zero-order valence-corrected chi connectivity index (χ0v) is 8.12. The molecule has 1 aliphatic rings. The molecule has 0 aromatic heterocycles. The van der Waals surface area contributed by atoms with Crippen molar-refractivity contribution in [3.63, 3.8) is 0 Å². The number of hydrogen-bond donors (Lipinski definition) is 2. The number of carbonyl (C=O) groups is 1. The van der Waals surface area contributed by atoms with Crippen LogP contribution in [0.2, 0.25) is 0 Å². The van der Waals surface area contributed by atoms with E-state index >= 15 is 0 Å². The number of nitrogens with two attached hydrogens (primary N) is 1. The number of nitrogens with one attached hydrogen (secondary N) is 1. The zero-order chi connectivity index (χ0) is 9.68. The van der Waals surface area contributed by atoms with Gasteiger partial charge in [-0.2, -0.15) is 0 Å². The lowest BCUT2D eigenvalue weighted by Gasteiger charge is -2.19. The molecule has 0 aromatic rings. The van der Waals surface area contributed by atoms with Gasteiger partial charge in [0.05, 0.1) is 0 Å². The quantitative estimate of drug-likeness (QED) is 0.634. The molecule has 13 heavy (non-hydrogen) atoms. The van der Waals surface area contributed by atoms with Crippen LogP contribution in [0.15, 0.2) is 12.2 Å². The highest BCUT2D eigenvalue weighted by Gasteiger charge is 2.19. The van der Waals surface area contributed by atoms with Gasteiger partial charge in [0.25, 0.3) is 0 Å². The van der Waals surface area contributed by atoms with E-state index in [1.165, 1.54) is 0 Å². The predicted octanol–water partition coefficient (Wildman–Crippen LogP) is 0.806. The summed E-state index contributed by atoms with van der Waals surface area (Å²) in [6.45, 7) is 2.44. The molecule has 0 saturated carbocycles. The van der Waals surface area contributed by atoms with Crippen LogP contribution in [-0.4, -0.2) is 18.5 Å². The molecule has 0 aromatic carbocycles. The minimum atomic E-state index is 0.0957. The SMILES string of the molecule is C[C@H](CN)NC(=O)C1CC=CCC1. The van der Waals surface area contributed by atoms with Crippen molar-refractivity contribution in [3.05, 3.63) is 12.2 Å². The summed E-state index contributed by atoms with van der Waals surface area (Å²) in [7, 11) is 0. The lowest BCUT2D eigenvalue weighted by Crippen LogP contribution is -2.41. The summed E-state index contributed by atoms with van der Waals surface area (Å²) in [5.41, 5.74) is 5.42. The normalized spacial score (nSPS) is 24.0. The highest BCUT2D eigenvalue weighted by atomic mass is 16.1. The molecule has 0 heterocycles. The molecule has 0 aliphatic heterocycles. The van der Waals surface area contributed by atoms with E-state index in [-0.39, 0.29) is 17.9 Å². The smallest absolute Gasteiger partial charge is 0.223 e. The first-order valence-corrected chi connectivity index (χ1v) is 4.89. The minimum Gasteiger partial charge on any atom is -0.352 e. The Morgan fingerprint density at radius 2 is 2.46 bits per heavy atom. The molecular formula is C10H18N2O. The van der Waals surface area contributed by atoms with Crippen molar-refractivity contribution in [1.29, 1.82) is 0 Å². The molecule has 0 radical (unpaired) electrons. The molecule has 1 aliphatic carbocycles. The molecule has 74 valence electrons. The molecule has 0 fully saturated rings. The molecule has 3 nitrogen and oxygen atoms in total. The predicted molar refractivity (Wildman–Crippen MR) is 53.1 cm³/mol. The summed E-state index contributed by atoms with van der Waals surface area (Å²) in [6, 6.07) is 0.0957. The monoisotopic (exact) mass is 182 g/mol. The number of rotatable bonds is 3. The summed E-state index contributed by atoms with van der Waals surface area (Å²) in [4.78, 5) is 11.6. The molecule has 2 atom stereocenters. The highest BCUT2D eigenvalue weighted by molar-refractivity contribution is 5.79. The van der Waals surface area contributed by atoms with E-state index < -0.39 is 0 Å². The fourth-order valence-corrected chi connectivity index (χ4v) is 1.45. The summed E-state index contributed by atoms with van der Waals surface area (Å²) in [6.07, 6.45) is 7.09. The van der Waals surface area contributed by atoms with Crippen molar-refractivity contribution in [3.8, 4) is 0 Å². The van der Waals surface area contributed by atoms with Crippen LogP contribution in [0, 0.1) is 5.92 Å². The molecule has 3 heteroatoms. The van der Waals surface area contributed by atoms with Crippen LogP contribution in [0.1, 0.15) is 26.2 Å². The lowest BCUT2D eigenvalue weighted by molar-refractivity contribution is -0.125. The molecule has 0 spiro atoms. The van der Waals surface area contributed by atoms with Gasteiger partial charge in [0, 0.05) is 18.5 Å². The molecule has 3 N–H and O–H groups in total. The van der Waals surface area contributed by atoms with Crippen molar-refractivity contribution < 1.29 is 4.79 Å². The zero-order valence-electron chi connectivity index (χ0n) is 8.12. The molecule has 0 bridgehead atoms. The van der Waals surface area contributed by atoms with Crippen molar-refractivity contribution >= 4 is 5.91 Å². The Kier molecular flexibility index (Phi) is 3.96. The standard InChI is InChI=1S/C10H18N2O/c1-8(7-11)12-10(13)9-5-3-2-4-6-9/h2-3,8-9H,4-7,11H2,1H3,(H,12,13)/t8-,9?/m1/s1. The largest absolute Gasteiger partial charge is 0.352 e. The second kappa shape index (κ2) is 5.02. The topological polar surface area (TPSA) is 55.1 Å². The number of carbonyl (C=O) groups excluding carboxylic acids is 1. The molecule has 0 saturated heterocycles. The van der Waals surface area contributed by atoms with Crippen molar-refractivity contribution in [2.24, 2.45) is 11.7 Å². The molecule has 1 rings (SSSR count). The van der Waals surface area contributed by atoms with Gasteiger partial charge in [-0.15, -0.1) is 0 Å². The van der Waals surface area contributed by atoms with Gasteiger partial charge in [0.2, 0.25) is 5.91 Å². The maximum atomic E-state index is 11.6. The summed E-state index contributed by atoms with van der Waals surface area (Å²) in [5.74, 6) is 0.321. The van der Waals surface area contributed by atoms with Crippen molar-refractivity contribution in [1.82, 2.24) is 5.32 Å². The Balaban J connectivity index is 2.34. The average Bonchev–Trinajstić information content (AvgIpc) is 2.19. The van der Waals surface area contributed by atoms with E-state index in [9.17, 15) is 4.79 Å². The highest BCUT2D eigenvalue weighted by Crippen LogP contribution is 2.17. The van der Waals surface area contributed by atoms with Gasteiger partial charge in [-0.1, -0.05) is 12.2 Å². The first-order chi connectivity index (χ1) is 6.24. The molecule has 1 amide bonds. The van der Waals surface area contributed by atoms with Gasteiger partial charge in [-0.25, -0.2) is 0 Å². The van der Waals surface area contributed by atoms with Gasteiger partial charge >= 0.3 is 0 Å². The first kappa shape index (κ1) is 10.3. The van der Waals surface area contributed by atoms with Crippen molar-refractivity contribution in [2.75, 3.05) is 6.54 Å². The fourth-order valence-electron chi connectivity index (χ4n) is 1.45. The van der Waals surface area contributed by atoms with Crippen LogP contribution in [-0.2, 0) is 4.79 Å². The fraction of sp³-hybridized carbons (Fsp3) is 0.700. The van der Waals surface area contributed by atoms with E-state index in [1.54, 1.807) is 0 Å². The van der Waals surface area contributed by atoms with Crippen molar-refractivity contribution in [2.45, 2.75) is 32.2 Å². The third-order valence-corrected chi connectivity index (χ3v) is 2.38. The maximum absolute atomic E-state index is 11.6. The molecule has 1 unspecified atom stereocenters. The van der Waals surface area contributed by atoms with Crippen LogP contribution < -0.4 is 11.1 Å². The minimum absolute atomic E-state index is 0.0957. The van der Waals surface area contributed by atoms with Gasteiger partial charge in [0.15, 0.2) is 0 Å². The Bertz CT molecular complexity index is 201. The lowest BCUT2D eigenvalue weighted by atomic mass is 9.93. The van der Waals surface area contributed by atoms with E-state index in [0.717, 1.165) is 19.3 Å². The van der Waals surface area contributed by atoms with Crippen LogP contribution in [0.3, 0.4) is 0 Å². The Labute approximate surface area is 79.4 Å². The second-order valence-electron chi connectivity index (χ2n) is 3.63. The van der Waals surface area contributed by atoms with Crippen LogP contribution >= 0.6 is 0 Å². The third-order valence-electron chi connectivity index (χ3n) is 2.38. The number of amides is 1. The van der Waals surface area contributed by atoms with E-state index in [4.69, 9.17) is 5.73 Å². The first-order valence-electron chi connectivity index (χ1n) is 4.89. The second-order valence-corrected chi connectivity index (χ2v) is 3.63. The van der Waals surface area contributed by atoms with Gasteiger partial charge in [0.1, 0.15) is 0 Å². The maximum Gasteiger partial charge on any atom is 0.223 e. The van der Waals surface area contributed by atoms with Gasteiger partial charge < -0.3 is 11.1 Å². The average molecular weight is 182 g/mol. The van der Waals surface area contributed by atoms with E-state index in [0.29, 0.717) is 6.54 Å². The van der Waals surface area contributed by atoms with Gasteiger partial charge in [-0.05, 0) is 26.2 Å². The Morgan fingerprint density at radius 1 is 1.69 bits per heavy atom. The summed E-state index contributed by atoms with van der Waals surface area (Å²) >= 11 is 0. The summed E-state index contributed by atoms with van der Waals surface area (Å²) in [5, 5.41) is 2.90. The van der Waals surface area contributed by atoms with Gasteiger partial charge in [-0.3, -0.25) is 4.79 Å². The van der Waals surface area contributed by atoms with E-state index in [1.807, 2.05) is 6.92 Å². The van der Waals surface area contributed by atoms with Crippen LogP contribution in [0.4, 0.5) is 0 Å². The van der Waals surface area contributed by atoms with Crippen LogP contribution in [0.25, 0.3) is 0 Å². The summed E-state index contributed by atoms with van der Waals surface area (Å²) < 4.78 is 0.